The van der Waals surface area contributed by atoms with Gasteiger partial charge in [-0.15, -0.1) is 0 Å². The largest absolute Gasteiger partial charge is 0.361 e. The van der Waals surface area contributed by atoms with Crippen LogP contribution in [0.5, 0.6) is 0 Å². The third kappa shape index (κ3) is 3.48. The van der Waals surface area contributed by atoms with Crippen LogP contribution in [0.4, 0.5) is 0 Å². The molecule has 3 aromatic carbocycles. The van der Waals surface area contributed by atoms with Crippen molar-refractivity contribution < 1.29 is 4.79 Å². The normalized spacial score (nSPS) is 11.3. The summed E-state index contributed by atoms with van der Waals surface area (Å²) in [6, 6.07) is 22.7. The highest BCUT2D eigenvalue weighted by molar-refractivity contribution is 6.45. The number of fused-ring (bicyclic) bond motifs is 1. The van der Waals surface area contributed by atoms with Gasteiger partial charge in [0.1, 0.15) is 5.71 Å². The SMILES string of the molecule is CC(=[N+]=[N-])C(=NCc1ccc(C)cc1)c1ccc2ccccc2c1. The average molecular weight is 313 g/mol. The summed E-state index contributed by atoms with van der Waals surface area (Å²) in [5, 5.41) is 2.32. The number of nitrogens with zero attached hydrogens (tertiary/aromatic N) is 3. The van der Waals surface area contributed by atoms with Crippen LogP contribution in [0, 0.1) is 6.92 Å². The van der Waals surface area contributed by atoms with Gasteiger partial charge in [0.05, 0.1) is 6.54 Å². The maximum atomic E-state index is 9.22. The van der Waals surface area contributed by atoms with Crippen LogP contribution in [0.25, 0.3) is 16.3 Å². The summed E-state index contributed by atoms with van der Waals surface area (Å²) in [6.45, 7) is 4.38. The summed E-state index contributed by atoms with van der Waals surface area (Å²) in [7, 11) is 0. The van der Waals surface area contributed by atoms with E-state index in [0.29, 0.717) is 18.0 Å². The van der Waals surface area contributed by atoms with Gasteiger partial charge in [0, 0.05) is 12.5 Å². The van der Waals surface area contributed by atoms with E-state index in [2.05, 4.69) is 60.2 Å². The maximum Gasteiger partial charge on any atom is 0.314 e. The molecule has 3 rings (SSSR count). The number of aryl methyl sites for hydroxylation is 1. The van der Waals surface area contributed by atoms with Gasteiger partial charge >= 0.3 is 5.71 Å². The molecular formula is C21H19N3. The molecule has 0 aromatic heterocycles. The lowest BCUT2D eigenvalue weighted by Gasteiger charge is -2.05. The summed E-state index contributed by atoms with van der Waals surface area (Å²) in [6.07, 6.45) is 0. The summed E-state index contributed by atoms with van der Waals surface area (Å²) in [4.78, 5) is 8.05. The molecule has 0 unspecified atom stereocenters. The summed E-state index contributed by atoms with van der Waals surface area (Å²) in [5.41, 5.74) is 13.8. The first kappa shape index (κ1) is 15.9. The van der Waals surface area contributed by atoms with E-state index in [9.17, 15) is 5.53 Å². The first-order chi connectivity index (χ1) is 11.7. The van der Waals surface area contributed by atoms with Crippen molar-refractivity contribution in [3.63, 3.8) is 0 Å². The molecule has 0 amide bonds. The van der Waals surface area contributed by atoms with Crippen molar-refractivity contribution in [3.05, 3.63) is 89.0 Å². The van der Waals surface area contributed by atoms with E-state index >= 15 is 0 Å². The van der Waals surface area contributed by atoms with Crippen molar-refractivity contribution in [2.24, 2.45) is 4.99 Å². The zero-order valence-electron chi connectivity index (χ0n) is 13.9. The van der Waals surface area contributed by atoms with Crippen LogP contribution in [0.15, 0.2) is 71.7 Å². The van der Waals surface area contributed by atoms with Crippen LogP contribution in [-0.4, -0.2) is 16.2 Å². The Bertz CT molecular complexity index is 946. The molecule has 0 saturated carbocycles. The Morgan fingerprint density at radius 1 is 0.958 bits per heavy atom. The van der Waals surface area contributed by atoms with Gasteiger partial charge in [0.25, 0.3) is 0 Å². The van der Waals surface area contributed by atoms with E-state index < -0.39 is 0 Å². The van der Waals surface area contributed by atoms with Crippen LogP contribution in [0.1, 0.15) is 23.6 Å². The first-order valence-electron chi connectivity index (χ1n) is 7.95. The quantitative estimate of drug-likeness (QED) is 0.376. The molecule has 3 nitrogen and oxygen atoms in total. The van der Waals surface area contributed by atoms with E-state index in [-0.39, 0.29) is 0 Å². The van der Waals surface area contributed by atoms with E-state index in [1.54, 1.807) is 6.92 Å². The maximum absolute atomic E-state index is 9.22. The molecule has 0 atom stereocenters. The standard InChI is InChI=1S/C21H19N3/c1-15-7-9-17(10-8-15)14-23-21(16(2)24-22)20-12-11-18-5-3-4-6-19(18)13-20/h3-13H,14H2,1-2H3. The second-order valence-electron chi connectivity index (χ2n) is 5.90. The fraction of sp³-hybridized carbons (Fsp3) is 0.143. The molecule has 0 radical (unpaired) electrons. The van der Waals surface area contributed by atoms with Gasteiger partial charge in [-0.3, -0.25) is 4.99 Å². The highest BCUT2D eigenvalue weighted by atomic mass is 14.9. The smallest absolute Gasteiger partial charge is 0.314 e. The topological polar surface area (TPSA) is 48.8 Å². The Kier molecular flexibility index (Phi) is 4.64. The van der Waals surface area contributed by atoms with Crippen molar-refractivity contribution in [3.8, 4) is 0 Å². The Morgan fingerprint density at radius 3 is 2.38 bits per heavy atom. The second kappa shape index (κ2) is 7.03. The predicted molar refractivity (Wildman–Crippen MR) is 99.7 cm³/mol. The fourth-order valence-electron chi connectivity index (χ4n) is 2.66. The van der Waals surface area contributed by atoms with Crippen molar-refractivity contribution in [2.45, 2.75) is 20.4 Å². The van der Waals surface area contributed by atoms with E-state index in [1.165, 1.54) is 10.9 Å². The molecule has 0 fully saturated rings. The van der Waals surface area contributed by atoms with Crippen LogP contribution in [0.2, 0.25) is 0 Å². The molecule has 3 heteroatoms. The Balaban J connectivity index is 2.00. The second-order valence-corrected chi connectivity index (χ2v) is 5.90. The number of aliphatic imine (C=N–C) groups is 1. The molecule has 0 saturated heterocycles. The predicted octanol–water partition coefficient (Wildman–Crippen LogP) is 4.83. The van der Waals surface area contributed by atoms with Crippen molar-refractivity contribution >= 4 is 22.2 Å². The van der Waals surface area contributed by atoms with Gasteiger partial charge in [0.2, 0.25) is 0 Å². The van der Waals surface area contributed by atoms with Crippen LogP contribution in [0.3, 0.4) is 0 Å². The lowest BCUT2D eigenvalue weighted by Crippen LogP contribution is -2.13. The Morgan fingerprint density at radius 2 is 1.67 bits per heavy atom. The van der Waals surface area contributed by atoms with Gasteiger partial charge in [-0.1, -0.05) is 66.2 Å². The van der Waals surface area contributed by atoms with Crippen molar-refractivity contribution in [2.75, 3.05) is 0 Å². The van der Waals surface area contributed by atoms with E-state index in [4.69, 9.17) is 4.99 Å². The fourth-order valence-corrected chi connectivity index (χ4v) is 2.66. The zero-order valence-corrected chi connectivity index (χ0v) is 13.9. The molecule has 0 aliphatic heterocycles. The molecule has 118 valence electrons. The third-order valence-corrected chi connectivity index (χ3v) is 4.06. The number of rotatable bonds is 4. The molecule has 0 bridgehead atoms. The van der Waals surface area contributed by atoms with Crippen LogP contribution >= 0.6 is 0 Å². The highest BCUT2D eigenvalue weighted by Crippen LogP contribution is 2.17. The lowest BCUT2D eigenvalue weighted by atomic mass is 10.0. The summed E-state index contributed by atoms with van der Waals surface area (Å²) < 4.78 is 0. The number of hydrogen-bond donors (Lipinski definition) is 0. The van der Waals surface area contributed by atoms with Crippen LogP contribution < -0.4 is 0 Å². The minimum atomic E-state index is 0.511. The third-order valence-electron chi connectivity index (χ3n) is 4.06. The molecule has 0 aliphatic rings. The summed E-state index contributed by atoms with van der Waals surface area (Å²) in [5.74, 6) is 0. The molecule has 3 aromatic rings. The van der Waals surface area contributed by atoms with Gasteiger partial charge < -0.3 is 5.53 Å². The molecule has 0 aliphatic carbocycles. The average Bonchev–Trinajstić information content (AvgIpc) is 2.63. The Hall–Kier alpha value is -3.03. The highest BCUT2D eigenvalue weighted by Gasteiger charge is 2.14. The molecule has 0 N–H and O–H groups in total. The monoisotopic (exact) mass is 313 g/mol. The molecular weight excluding hydrogens is 294 g/mol. The van der Waals surface area contributed by atoms with Crippen molar-refractivity contribution in [1.29, 1.82) is 0 Å². The molecule has 0 heterocycles. The summed E-state index contributed by atoms with van der Waals surface area (Å²) >= 11 is 0. The van der Waals surface area contributed by atoms with E-state index in [1.807, 2.05) is 18.2 Å². The first-order valence-corrected chi connectivity index (χ1v) is 7.95. The van der Waals surface area contributed by atoms with Crippen molar-refractivity contribution in [1.82, 2.24) is 0 Å². The molecule has 24 heavy (non-hydrogen) atoms. The van der Waals surface area contributed by atoms with Gasteiger partial charge in [-0.05, 0) is 29.3 Å². The zero-order chi connectivity index (χ0) is 16.9. The van der Waals surface area contributed by atoms with Crippen LogP contribution in [-0.2, 0) is 6.54 Å². The van der Waals surface area contributed by atoms with Gasteiger partial charge in [-0.25, -0.2) is 0 Å². The lowest BCUT2D eigenvalue weighted by molar-refractivity contribution is -0.00219. The van der Waals surface area contributed by atoms with E-state index in [0.717, 1.165) is 16.5 Å². The van der Waals surface area contributed by atoms with Gasteiger partial charge in [0.15, 0.2) is 0 Å². The molecule has 0 spiro atoms. The Labute approximate surface area is 141 Å². The minimum Gasteiger partial charge on any atom is -0.361 e. The minimum absolute atomic E-state index is 0.511. The number of hydrogen-bond acceptors (Lipinski definition) is 1. The number of benzene rings is 3. The van der Waals surface area contributed by atoms with Gasteiger partial charge in [-0.2, -0.15) is 4.79 Å².